The van der Waals surface area contributed by atoms with Crippen molar-refractivity contribution in [2.24, 2.45) is 0 Å². The van der Waals surface area contributed by atoms with Crippen LogP contribution in [0.25, 0.3) is 11.9 Å². The molecule has 0 saturated carbocycles. The second-order valence-electron chi connectivity index (χ2n) is 2.76. The van der Waals surface area contributed by atoms with Gasteiger partial charge in [-0.05, 0) is 12.2 Å². The first-order valence-electron chi connectivity index (χ1n) is 4.32. The van der Waals surface area contributed by atoms with Gasteiger partial charge in [-0.15, -0.1) is 0 Å². The van der Waals surface area contributed by atoms with Crippen molar-refractivity contribution in [1.82, 2.24) is 19.5 Å². The van der Waals surface area contributed by atoms with Crippen LogP contribution in [0.15, 0.2) is 37.2 Å². The molecule has 0 aliphatic heterocycles. The van der Waals surface area contributed by atoms with Crippen LogP contribution in [0.4, 0.5) is 0 Å². The van der Waals surface area contributed by atoms with Gasteiger partial charge in [0, 0.05) is 18.6 Å². The van der Waals surface area contributed by atoms with E-state index in [4.69, 9.17) is 0 Å². The van der Waals surface area contributed by atoms with E-state index in [0.29, 0.717) is 17.8 Å². The van der Waals surface area contributed by atoms with Gasteiger partial charge in [-0.2, -0.15) is 0 Å². The number of nitrogens with zero attached hydrogens (tertiary/aromatic N) is 4. The van der Waals surface area contributed by atoms with E-state index < -0.39 is 0 Å². The molecule has 2 aromatic heterocycles. The number of carbonyl (C=O) groups excluding carboxylic acids is 1. The van der Waals surface area contributed by atoms with Crippen LogP contribution in [0.2, 0.25) is 0 Å². The molecule has 74 valence electrons. The molecule has 0 fully saturated rings. The Balaban J connectivity index is 2.28. The first kappa shape index (κ1) is 9.26. The summed E-state index contributed by atoms with van der Waals surface area (Å²) in [5.74, 6) is 0.691. The number of hydrogen-bond acceptors (Lipinski definition) is 4. The predicted octanol–water partition coefficient (Wildman–Crippen LogP) is 0.874. The maximum Gasteiger partial charge on any atom is 0.156 e. The Morgan fingerprint density at radius 2 is 2.20 bits per heavy atom. The highest BCUT2D eigenvalue weighted by Gasteiger charge is 1.98. The monoisotopic (exact) mass is 200 g/mol. The van der Waals surface area contributed by atoms with E-state index >= 15 is 0 Å². The number of hydrogen-bond donors (Lipinski definition) is 0. The van der Waals surface area contributed by atoms with Crippen LogP contribution >= 0.6 is 0 Å². The first-order chi connectivity index (χ1) is 7.40. The minimum Gasteiger partial charge on any atom is -0.299 e. The fraction of sp³-hybridized carbons (Fsp3) is 0. The third-order valence-electron chi connectivity index (χ3n) is 1.76. The van der Waals surface area contributed by atoms with Gasteiger partial charge in [0.15, 0.2) is 5.82 Å². The number of rotatable bonds is 3. The molecule has 0 radical (unpaired) electrons. The molecule has 0 saturated heterocycles. The highest BCUT2D eigenvalue weighted by molar-refractivity contribution is 5.72. The lowest BCUT2D eigenvalue weighted by atomic mass is 10.4. The lowest BCUT2D eigenvalue weighted by Gasteiger charge is -1.96. The second-order valence-corrected chi connectivity index (χ2v) is 2.76. The number of carbonyl (C=O) groups is 1. The molecule has 5 heteroatoms. The van der Waals surface area contributed by atoms with Gasteiger partial charge in [0.2, 0.25) is 0 Å². The third-order valence-corrected chi connectivity index (χ3v) is 1.76. The predicted molar refractivity (Wildman–Crippen MR) is 54.3 cm³/mol. The fourth-order valence-corrected chi connectivity index (χ4v) is 1.11. The van der Waals surface area contributed by atoms with Crippen LogP contribution in [0.5, 0.6) is 0 Å². The molecule has 0 amide bonds. The van der Waals surface area contributed by atoms with Crippen LogP contribution in [-0.2, 0) is 4.79 Å². The Bertz CT molecular complexity index is 475. The number of aromatic nitrogens is 4. The van der Waals surface area contributed by atoms with Gasteiger partial charge in [-0.1, -0.05) is 0 Å². The Morgan fingerprint density at radius 3 is 2.93 bits per heavy atom. The van der Waals surface area contributed by atoms with Crippen LogP contribution in [0.3, 0.4) is 0 Å². The normalized spacial score (nSPS) is 10.7. The highest BCUT2D eigenvalue weighted by atomic mass is 16.1. The van der Waals surface area contributed by atoms with Gasteiger partial charge in [0.1, 0.15) is 12.6 Å². The van der Waals surface area contributed by atoms with E-state index in [1.807, 2.05) is 0 Å². The largest absolute Gasteiger partial charge is 0.299 e. The Hall–Kier alpha value is -2.30. The van der Waals surface area contributed by atoms with Crippen molar-refractivity contribution in [2.45, 2.75) is 0 Å². The summed E-state index contributed by atoms with van der Waals surface area (Å²) in [6.45, 7) is 0. The number of allylic oxidation sites excluding steroid dienone is 1. The molecular weight excluding hydrogens is 192 g/mol. The average molecular weight is 200 g/mol. The number of imidazole rings is 1. The zero-order chi connectivity index (χ0) is 10.5. The smallest absolute Gasteiger partial charge is 0.156 e. The minimum atomic E-state index is 0.691. The summed E-state index contributed by atoms with van der Waals surface area (Å²) in [7, 11) is 0. The number of aldehydes is 1. The molecule has 0 aliphatic carbocycles. The van der Waals surface area contributed by atoms with Crippen molar-refractivity contribution < 1.29 is 4.79 Å². The fourth-order valence-electron chi connectivity index (χ4n) is 1.11. The maximum atomic E-state index is 10.1. The van der Waals surface area contributed by atoms with Crippen LogP contribution < -0.4 is 0 Å². The van der Waals surface area contributed by atoms with E-state index in [1.165, 1.54) is 6.08 Å². The Morgan fingerprint density at radius 1 is 1.27 bits per heavy atom. The molecule has 2 rings (SSSR count). The highest BCUT2D eigenvalue weighted by Crippen LogP contribution is 2.04. The summed E-state index contributed by atoms with van der Waals surface area (Å²) in [5, 5.41) is 0. The Labute approximate surface area is 86.1 Å². The average Bonchev–Trinajstić information content (AvgIpc) is 2.76. The summed E-state index contributed by atoms with van der Waals surface area (Å²) in [4.78, 5) is 22.2. The van der Waals surface area contributed by atoms with Gasteiger partial charge < -0.3 is 0 Å². The van der Waals surface area contributed by atoms with Crippen molar-refractivity contribution in [3.63, 3.8) is 0 Å². The van der Waals surface area contributed by atoms with Gasteiger partial charge in [-0.3, -0.25) is 14.3 Å². The van der Waals surface area contributed by atoms with Crippen LogP contribution in [0.1, 0.15) is 5.69 Å². The van der Waals surface area contributed by atoms with E-state index in [9.17, 15) is 4.79 Å². The molecule has 2 heterocycles. The molecule has 0 spiro atoms. The quantitative estimate of drug-likeness (QED) is 0.545. The molecule has 0 N–H and O–H groups in total. The topological polar surface area (TPSA) is 60.7 Å². The molecule has 0 aromatic carbocycles. The van der Waals surface area contributed by atoms with Crippen molar-refractivity contribution in [2.75, 3.05) is 0 Å². The first-order valence-corrected chi connectivity index (χ1v) is 4.32. The van der Waals surface area contributed by atoms with E-state index in [2.05, 4.69) is 15.0 Å². The molecule has 2 aromatic rings. The summed E-state index contributed by atoms with van der Waals surface area (Å²) in [6.07, 6.45) is 12.0. The minimum absolute atomic E-state index is 0.691. The maximum absolute atomic E-state index is 10.1. The van der Waals surface area contributed by atoms with Gasteiger partial charge in [0.05, 0.1) is 11.9 Å². The zero-order valence-electron chi connectivity index (χ0n) is 7.82. The Kier molecular flexibility index (Phi) is 2.64. The van der Waals surface area contributed by atoms with E-state index in [-0.39, 0.29) is 0 Å². The molecular formula is C10H8N4O. The molecule has 0 bridgehead atoms. The summed E-state index contributed by atoms with van der Waals surface area (Å²) < 4.78 is 1.73. The van der Waals surface area contributed by atoms with E-state index in [0.717, 1.165) is 0 Å². The molecule has 0 unspecified atom stereocenters. The third kappa shape index (κ3) is 2.14. The van der Waals surface area contributed by atoms with Gasteiger partial charge in [0.25, 0.3) is 0 Å². The standard InChI is InChI=1S/C10H8N4O/c15-5-1-2-9-7-14(8-13-9)10-6-11-3-4-12-10/h1-8H/b2-1+. The molecule has 0 atom stereocenters. The lowest BCUT2D eigenvalue weighted by Crippen LogP contribution is -1.93. The van der Waals surface area contributed by atoms with Crippen molar-refractivity contribution >= 4 is 12.4 Å². The SMILES string of the molecule is O=C/C=C/c1cn(-c2cnccn2)cn1. The summed E-state index contributed by atoms with van der Waals surface area (Å²) >= 11 is 0. The second kappa shape index (κ2) is 4.28. The zero-order valence-corrected chi connectivity index (χ0v) is 7.82. The lowest BCUT2D eigenvalue weighted by molar-refractivity contribution is -0.104. The molecule has 5 nitrogen and oxygen atoms in total. The van der Waals surface area contributed by atoms with Crippen molar-refractivity contribution in [3.8, 4) is 5.82 Å². The van der Waals surface area contributed by atoms with Gasteiger partial charge >= 0.3 is 0 Å². The van der Waals surface area contributed by atoms with Crippen LogP contribution in [0, 0.1) is 0 Å². The molecule has 0 aliphatic rings. The summed E-state index contributed by atoms with van der Waals surface area (Å²) in [6, 6.07) is 0. The molecule has 15 heavy (non-hydrogen) atoms. The van der Waals surface area contributed by atoms with Crippen LogP contribution in [-0.4, -0.2) is 25.8 Å². The summed E-state index contributed by atoms with van der Waals surface area (Å²) in [5.41, 5.74) is 0.702. The van der Waals surface area contributed by atoms with Crippen molar-refractivity contribution in [1.29, 1.82) is 0 Å². The van der Waals surface area contributed by atoms with Crippen molar-refractivity contribution in [3.05, 3.63) is 42.9 Å². The van der Waals surface area contributed by atoms with Gasteiger partial charge in [-0.25, -0.2) is 9.97 Å². The van der Waals surface area contributed by atoms with E-state index in [1.54, 1.807) is 41.8 Å².